The van der Waals surface area contributed by atoms with Crippen molar-refractivity contribution in [2.75, 3.05) is 9.80 Å². The average molecular weight is 1070 g/mol. The van der Waals surface area contributed by atoms with Gasteiger partial charge in [0.25, 0.3) is 0 Å². The summed E-state index contributed by atoms with van der Waals surface area (Å²) in [5.41, 5.74) is 15.1. The van der Waals surface area contributed by atoms with Gasteiger partial charge in [0.1, 0.15) is 5.82 Å². The van der Waals surface area contributed by atoms with E-state index in [-0.39, 0.29) is 48.6 Å². The zero-order valence-corrected chi connectivity index (χ0v) is 44.1. The fraction of sp³-hybridized carbons (Fsp3) is 0.311. The maximum Gasteiger partial charge on any atom is 0.135 e. The molecular weight excluding hydrogens is 1000 g/mol. The van der Waals surface area contributed by atoms with Gasteiger partial charge >= 0.3 is 0 Å². The van der Waals surface area contributed by atoms with Crippen molar-refractivity contribution in [1.82, 2.24) is 9.55 Å². The van der Waals surface area contributed by atoms with Crippen molar-refractivity contribution >= 4 is 44.6 Å². The number of benzene rings is 6. The summed E-state index contributed by atoms with van der Waals surface area (Å²) < 4.78 is 8.99. The standard InChI is InChI=1S/C61H65N4O.Pt/c1-39(2)50-36-57(62-37-52(50)40-22-24-41(25-23-40)58(3,4)5)65-53-29-26-42(59(6,7)8)33-51(53)49-28-27-48(35-56(49)65)66-47-19-17-18-45(34-47)63-38-64(55-21-16-15-20-54(55)63)46-31-43(60(9,10)11)30-44(32-46)61(12,13)14;/h15-33,36-39H,1-14H3;/q-3;. The van der Waals surface area contributed by atoms with Gasteiger partial charge in [-0.15, -0.1) is 48.1 Å². The Hall–Kier alpha value is -5.64. The van der Waals surface area contributed by atoms with Crippen LogP contribution in [-0.2, 0) is 42.7 Å². The van der Waals surface area contributed by atoms with E-state index in [4.69, 9.17) is 9.72 Å². The van der Waals surface area contributed by atoms with Crippen molar-refractivity contribution < 1.29 is 25.8 Å². The SMILES string of the molecule is CC(C)c1cc(-n2c3[c-]c(Oc4[c-]c(N5[CH-]N(c6cc(C(C)(C)C)cc(C(C)(C)C)c6)c6ccccc65)ccc4)ccc3c3cc(C(C)(C)C)ccc32)ncc1-c1ccc(C(C)(C)C)cc1.[Pt]. The first-order valence-electron chi connectivity index (χ1n) is 23.6. The molecule has 67 heavy (non-hydrogen) atoms. The quantitative estimate of drug-likeness (QED) is 0.149. The first kappa shape index (κ1) is 47.8. The molecule has 5 nitrogen and oxygen atoms in total. The predicted octanol–water partition coefficient (Wildman–Crippen LogP) is 17.0. The fourth-order valence-corrected chi connectivity index (χ4v) is 9.02. The van der Waals surface area contributed by atoms with Crippen LogP contribution >= 0.6 is 0 Å². The van der Waals surface area contributed by atoms with Crippen LogP contribution in [0.5, 0.6) is 11.5 Å². The zero-order valence-electron chi connectivity index (χ0n) is 41.8. The molecule has 1 aliphatic rings. The smallest absolute Gasteiger partial charge is 0.135 e. The van der Waals surface area contributed by atoms with E-state index in [1.165, 1.54) is 38.8 Å². The van der Waals surface area contributed by atoms with E-state index in [1.807, 2.05) is 18.2 Å². The molecule has 0 aliphatic carbocycles. The van der Waals surface area contributed by atoms with Crippen LogP contribution in [0.1, 0.15) is 131 Å². The minimum atomic E-state index is -0.0143. The van der Waals surface area contributed by atoms with E-state index in [9.17, 15) is 0 Å². The van der Waals surface area contributed by atoms with Crippen LogP contribution < -0.4 is 14.5 Å². The first-order valence-corrected chi connectivity index (χ1v) is 23.6. The molecule has 8 aromatic rings. The minimum Gasteiger partial charge on any atom is -0.509 e. The Balaban J connectivity index is 0.00000608. The van der Waals surface area contributed by atoms with Gasteiger partial charge in [-0.05, 0) is 103 Å². The van der Waals surface area contributed by atoms with Gasteiger partial charge in [0.2, 0.25) is 0 Å². The van der Waals surface area contributed by atoms with Gasteiger partial charge in [-0.2, -0.15) is 12.1 Å². The Morgan fingerprint density at radius 1 is 0.552 bits per heavy atom. The Morgan fingerprint density at radius 2 is 1.15 bits per heavy atom. The molecule has 3 heterocycles. The topological polar surface area (TPSA) is 33.5 Å². The molecule has 0 N–H and O–H groups in total. The van der Waals surface area contributed by atoms with Crippen molar-refractivity contribution in [3.63, 3.8) is 0 Å². The summed E-state index contributed by atoms with van der Waals surface area (Å²) in [5, 5.41) is 2.27. The number of anilines is 4. The minimum absolute atomic E-state index is 0. The Bertz CT molecular complexity index is 3080. The second-order valence-corrected chi connectivity index (χ2v) is 22.6. The normalized spacial score (nSPS) is 13.4. The summed E-state index contributed by atoms with van der Waals surface area (Å²) in [6.45, 7) is 34.0. The van der Waals surface area contributed by atoms with Gasteiger partial charge < -0.3 is 19.1 Å². The molecule has 9 rings (SSSR count). The van der Waals surface area contributed by atoms with Crippen molar-refractivity contribution in [1.29, 1.82) is 0 Å². The van der Waals surface area contributed by atoms with Crippen LogP contribution in [0.4, 0.5) is 22.7 Å². The van der Waals surface area contributed by atoms with Gasteiger partial charge in [-0.1, -0.05) is 157 Å². The van der Waals surface area contributed by atoms with Crippen molar-refractivity contribution in [3.05, 3.63) is 174 Å². The number of hydrogen-bond donors (Lipinski definition) is 0. The largest absolute Gasteiger partial charge is 0.509 e. The number of ether oxygens (including phenoxy) is 1. The molecule has 348 valence electrons. The molecule has 0 radical (unpaired) electrons. The number of nitrogens with zero attached hydrogens (tertiary/aromatic N) is 4. The molecule has 0 unspecified atom stereocenters. The maximum absolute atomic E-state index is 6.73. The van der Waals surface area contributed by atoms with E-state index in [0.29, 0.717) is 11.5 Å². The second kappa shape index (κ2) is 17.5. The van der Waals surface area contributed by atoms with Gasteiger partial charge in [0.15, 0.2) is 0 Å². The van der Waals surface area contributed by atoms with Crippen LogP contribution in [0.25, 0.3) is 38.8 Å². The van der Waals surface area contributed by atoms with Crippen molar-refractivity contribution in [2.24, 2.45) is 0 Å². The van der Waals surface area contributed by atoms with Crippen molar-refractivity contribution in [2.45, 2.75) is 125 Å². The van der Waals surface area contributed by atoms with E-state index < -0.39 is 0 Å². The number of aromatic nitrogens is 2. The van der Waals surface area contributed by atoms with E-state index in [2.05, 4.69) is 239 Å². The average Bonchev–Trinajstić information content (AvgIpc) is 3.81. The molecule has 6 aromatic carbocycles. The van der Waals surface area contributed by atoms with Gasteiger partial charge in [-0.25, -0.2) is 4.98 Å². The number of pyridine rings is 1. The number of para-hydroxylation sites is 2. The molecule has 0 spiro atoms. The molecule has 0 bridgehead atoms. The van der Waals surface area contributed by atoms with Gasteiger partial charge in [0, 0.05) is 66.9 Å². The third-order valence-electron chi connectivity index (χ3n) is 13.1. The van der Waals surface area contributed by atoms with Crippen LogP contribution in [0.3, 0.4) is 0 Å². The fourth-order valence-electron chi connectivity index (χ4n) is 9.02. The first-order chi connectivity index (χ1) is 31.0. The molecule has 6 heteroatoms. The van der Waals surface area contributed by atoms with Gasteiger partial charge in [0.05, 0.1) is 0 Å². The molecule has 0 fully saturated rings. The van der Waals surface area contributed by atoms with Crippen LogP contribution in [0.15, 0.2) is 128 Å². The summed E-state index contributed by atoms with van der Waals surface area (Å²) in [5.74, 6) is 2.35. The zero-order chi connectivity index (χ0) is 47.1. The molecule has 1 aliphatic heterocycles. The van der Waals surface area contributed by atoms with E-state index in [0.717, 1.165) is 50.6 Å². The molecule has 0 amide bonds. The summed E-state index contributed by atoms with van der Waals surface area (Å²) in [4.78, 5) is 9.73. The molecule has 0 atom stereocenters. The Kier molecular flexibility index (Phi) is 12.5. The Labute approximate surface area is 414 Å². The monoisotopic (exact) mass is 1060 g/mol. The summed E-state index contributed by atoms with van der Waals surface area (Å²) >= 11 is 0. The van der Waals surface area contributed by atoms with Crippen LogP contribution in [0, 0.1) is 18.8 Å². The van der Waals surface area contributed by atoms with E-state index in [1.54, 1.807) is 0 Å². The molecular formula is C61H65N4OPt-3. The summed E-state index contributed by atoms with van der Waals surface area (Å²) in [6.07, 6.45) is 2.05. The number of hydrogen-bond acceptors (Lipinski definition) is 4. The van der Waals surface area contributed by atoms with E-state index >= 15 is 0 Å². The third-order valence-corrected chi connectivity index (χ3v) is 13.1. The third kappa shape index (κ3) is 9.34. The Morgan fingerprint density at radius 3 is 1.76 bits per heavy atom. The van der Waals surface area contributed by atoms with Crippen LogP contribution in [0.2, 0.25) is 0 Å². The molecule has 0 saturated carbocycles. The second-order valence-electron chi connectivity index (χ2n) is 22.6. The summed E-state index contributed by atoms with van der Waals surface area (Å²) in [6, 6.07) is 51.4. The molecule has 2 aromatic heterocycles. The van der Waals surface area contributed by atoms with Crippen LogP contribution in [-0.4, -0.2) is 9.55 Å². The maximum atomic E-state index is 6.73. The number of rotatable bonds is 7. The number of fused-ring (bicyclic) bond motifs is 4. The van der Waals surface area contributed by atoms with Crippen molar-refractivity contribution in [3.8, 4) is 28.4 Å². The predicted molar refractivity (Wildman–Crippen MR) is 279 cm³/mol. The molecule has 0 saturated heterocycles. The summed E-state index contributed by atoms with van der Waals surface area (Å²) in [7, 11) is 0. The van der Waals surface area contributed by atoms with Gasteiger partial charge in [-0.3, -0.25) is 0 Å².